The highest BCUT2D eigenvalue weighted by molar-refractivity contribution is 7.49. The van der Waals surface area contributed by atoms with E-state index >= 15 is 0 Å². The number of nitrogens with zero attached hydrogens (tertiary/aromatic N) is 1. The number of esters is 1. The van der Waals surface area contributed by atoms with E-state index in [2.05, 4.69) is 4.98 Å². The Balaban J connectivity index is 2.50. The van der Waals surface area contributed by atoms with Crippen LogP contribution in [0.25, 0.3) is 0 Å². The van der Waals surface area contributed by atoms with Crippen LogP contribution in [0.4, 0.5) is 0 Å². The van der Waals surface area contributed by atoms with Gasteiger partial charge in [-0.25, -0.2) is 9.78 Å². The molecule has 0 fully saturated rings. The molecule has 1 aromatic heterocycles. The minimum Gasteiger partial charge on any atom is -0.459 e. The molecule has 0 spiro atoms. The summed E-state index contributed by atoms with van der Waals surface area (Å²) in [6.07, 6.45) is 1.38. The van der Waals surface area contributed by atoms with Gasteiger partial charge >= 0.3 is 11.1 Å². The number of carbonyl (C=O) groups excluding carboxylic acids is 2. The van der Waals surface area contributed by atoms with Gasteiger partial charge in [0.15, 0.2) is 11.8 Å². The van der Waals surface area contributed by atoms with Crippen molar-refractivity contribution < 1.29 is 14.3 Å². The van der Waals surface area contributed by atoms with Crippen molar-refractivity contribution in [1.82, 2.24) is 4.98 Å². The maximum Gasteiger partial charge on any atom is 0.367 e. The van der Waals surface area contributed by atoms with Crippen molar-refractivity contribution >= 4 is 21.6 Å². The summed E-state index contributed by atoms with van der Waals surface area (Å²) < 4.78 is 5.04. The molecule has 0 aliphatic heterocycles. The molecule has 0 aromatic carbocycles. The van der Waals surface area contributed by atoms with E-state index in [0.717, 1.165) is 0 Å². The lowest BCUT2D eigenvalue weighted by Crippen LogP contribution is -2.24. The molecule has 82 valence electrons. The van der Waals surface area contributed by atoms with Crippen LogP contribution in [-0.2, 0) is 9.53 Å². The molecular weight excluding hydrogens is 214 g/mol. The first-order chi connectivity index (χ1) is 6.88. The molecule has 5 heteroatoms. The molecule has 0 N–H and O–H groups in total. The third kappa shape index (κ3) is 4.20. The second-order valence-electron chi connectivity index (χ2n) is 4.05. The minimum absolute atomic E-state index is 0.151. The first-order valence-electron chi connectivity index (χ1n) is 4.55. The van der Waals surface area contributed by atoms with Gasteiger partial charge < -0.3 is 4.74 Å². The molecule has 1 unspecified atom stereocenters. The zero-order chi connectivity index (χ0) is 11.5. The first-order valence-corrected chi connectivity index (χ1v) is 5.90. The topological polar surface area (TPSA) is 56.3 Å². The van der Waals surface area contributed by atoms with E-state index in [1.54, 1.807) is 37.9 Å². The quantitative estimate of drug-likeness (QED) is 0.452. The van der Waals surface area contributed by atoms with E-state index in [-0.39, 0.29) is 11.5 Å². The average molecular weight is 228 g/mol. The minimum atomic E-state index is -0.633. The predicted octanol–water partition coefficient (Wildman–Crippen LogP) is 2.20. The maximum absolute atomic E-state index is 11.5. The van der Waals surface area contributed by atoms with Gasteiger partial charge in [-0.05, 0) is 20.8 Å². The van der Waals surface area contributed by atoms with Gasteiger partial charge in [0.1, 0.15) is 5.60 Å². The highest BCUT2D eigenvalue weighted by Gasteiger charge is 2.24. The second kappa shape index (κ2) is 4.53. The van der Waals surface area contributed by atoms with Crippen molar-refractivity contribution in [2.45, 2.75) is 32.8 Å². The molecule has 0 amide bonds. The van der Waals surface area contributed by atoms with E-state index in [1.807, 2.05) is 0 Å². The zero-order valence-corrected chi connectivity index (χ0v) is 9.84. The van der Waals surface area contributed by atoms with Crippen molar-refractivity contribution in [3.63, 3.8) is 0 Å². The smallest absolute Gasteiger partial charge is 0.367 e. The Morgan fingerprint density at radius 3 is 2.53 bits per heavy atom. The lowest BCUT2D eigenvalue weighted by molar-refractivity contribution is -0.153. The molecule has 4 nitrogen and oxygen atoms in total. The highest BCUT2D eigenvalue weighted by Crippen LogP contribution is 2.18. The summed E-state index contributed by atoms with van der Waals surface area (Å²) >= 11 is 0. The third-order valence-corrected chi connectivity index (χ3v) is 2.87. The number of hydrogen-bond donors (Lipinski definition) is 0. The molecule has 0 saturated heterocycles. The number of hydrogen-bond acceptors (Lipinski definition) is 4. The number of ether oxygens (including phenoxy) is 1. The van der Waals surface area contributed by atoms with Crippen LogP contribution in [0.3, 0.4) is 0 Å². The van der Waals surface area contributed by atoms with E-state index in [0.29, 0.717) is 0 Å². The number of rotatable bonds is 3. The van der Waals surface area contributed by atoms with Crippen LogP contribution in [0.5, 0.6) is 0 Å². The SMILES string of the molecule is CC(C)(C)OC(=O)CC(=O)[s+]1ccnc1. The molecule has 15 heavy (non-hydrogen) atoms. The Kier molecular flexibility index (Phi) is 3.57. The van der Waals surface area contributed by atoms with Gasteiger partial charge in [0.25, 0.3) is 0 Å². The Hall–Kier alpha value is -1.23. The molecule has 1 aromatic rings. The van der Waals surface area contributed by atoms with Gasteiger partial charge in [-0.2, -0.15) is 0 Å². The lowest BCUT2D eigenvalue weighted by Gasteiger charge is -2.18. The van der Waals surface area contributed by atoms with Gasteiger partial charge in [0.2, 0.25) is 5.51 Å². The monoisotopic (exact) mass is 228 g/mol. The van der Waals surface area contributed by atoms with Crippen LogP contribution in [0.1, 0.15) is 32.0 Å². The van der Waals surface area contributed by atoms with Gasteiger partial charge in [-0.3, -0.25) is 4.79 Å². The van der Waals surface area contributed by atoms with Gasteiger partial charge in [0.05, 0.1) is 16.7 Å². The fraction of sp³-hybridized carbons (Fsp3) is 0.500. The average Bonchev–Trinajstić information content (AvgIpc) is 2.50. The normalized spacial score (nSPS) is 12.3. The molecule has 0 aliphatic rings. The van der Waals surface area contributed by atoms with Crippen LogP contribution in [0.2, 0.25) is 0 Å². The van der Waals surface area contributed by atoms with Crippen LogP contribution < -0.4 is 0 Å². The van der Waals surface area contributed by atoms with Crippen LogP contribution in [0.15, 0.2) is 17.1 Å². The maximum atomic E-state index is 11.5. The van der Waals surface area contributed by atoms with Crippen molar-refractivity contribution in [3.05, 3.63) is 17.1 Å². The zero-order valence-electron chi connectivity index (χ0n) is 9.02. The fourth-order valence-electron chi connectivity index (χ4n) is 0.950. The summed E-state index contributed by atoms with van der Waals surface area (Å²) in [5.74, 6) is -0.478. The summed E-state index contributed by atoms with van der Waals surface area (Å²) in [6.45, 7) is 5.32. The molecular formula is C10H14NO3S+. The van der Waals surface area contributed by atoms with E-state index < -0.39 is 22.0 Å². The Labute approximate surface area is 91.3 Å². The molecule has 0 saturated carbocycles. The van der Waals surface area contributed by atoms with E-state index in [1.165, 1.54) is 0 Å². The van der Waals surface area contributed by atoms with E-state index in [4.69, 9.17) is 4.74 Å². The van der Waals surface area contributed by atoms with Crippen molar-refractivity contribution in [2.75, 3.05) is 0 Å². The van der Waals surface area contributed by atoms with E-state index in [9.17, 15) is 9.59 Å². The molecule has 0 aliphatic carbocycles. The van der Waals surface area contributed by atoms with Crippen LogP contribution >= 0.6 is 10.5 Å². The summed E-state index contributed by atoms with van der Waals surface area (Å²) in [4.78, 5) is 26.6. The number of aromatic nitrogens is 1. The Morgan fingerprint density at radius 2 is 2.07 bits per heavy atom. The summed E-state index contributed by atoms with van der Waals surface area (Å²) in [7, 11) is -0.633. The third-order valence-electron chi connectivity index (χ3n) is 1.44. The molecule has 1 atom stereocenters. The Bertz CT molecular complexity index is 351. The fourth-order valence-corrected chi connectivity index (χ4v) is 1.98. The first kappa shape index (κ1) is 11.8. The highest BCUT2D eigenvalue weighted by atomic mass is 32.2. The van der Waals surface area contributed by atoms with Crippen LogP contribution in [-0.4, -0.2) is 21.7 Å². The number of carbonyl (C=O) groups is 2. The predicted molar refractivity (Wildman–Crippen MR) is 57.8 cm³/mol. The summed E-state index contributed by atoms with van der Waals surface area (Å²) in [5, 5.41) is 1.54. The lowest BCUT2D eigenvalue weighted by atomic mass is 10.2. The summed E-state index contributed by atoms with van der Waals surface area (Å²) in [5.41, 5.74) is 1.01. The van der Waals surface area contributed by atoms with Crippen molar-refractivity contribution in [1.29, 1.82) is 0 Å². The largest absolute Gasteiger partial charge is 0.459 e. The molecule has 0 bridgehead atoms. The van der Waals surface area contributed by atoms with Crippen LogP contribution in [0, 0.1) is 0 Å². The van der Waals surface area contributed by atoms with Gasteiger partial charge in [-0.15, -0.1) is 0 Å². The second-order valence-corrected chi connectivity index (χ2v) is 5.73. The Morgan fingerprint density at radius 1 is 1.40 bits per heavy atom. The molecule has 1 heterocycles. The number of thiazole rings is 1. The van der Waals surface area contributed by atoms with Gasteiger partial charge in [-0.1, -0.05) is 0 Å². The molecule has 0 radical (unpaired) electrons. The van der Waals surface area contributed by atoms with Gasteiger partial charge in [0, 0.05) is 0 Å². The summed E-state index contributed by atoms with van der Waals surface area (Å²) in [6, 6.07) is 0. The standard InChI is InChI=1S/C10H14NO3S/c1-10(2,3)14-8(12)6-9(13)15-5-4-11-7-15/h4-5,7H,6H2,1-3H3/q+1. The van der Waals surface area contributed by atoms with Crippen molar-refractivity contribution in [2.24, 2.45) is 0 Å². The van der Waals surface area contributed by atoms with Crippen molar-refractivity contribution in [3.8, 4) is 0 Å². The molecule has 1 rings (SSSR count).